The van der Waals surface area contributed by atoms with E-state index in [1.54, 1.807) is 0 Å². The number of allylic oxidation sites excluding steroid dienone is 8. The first-order valence-electron chi connectivity index (χ1n) is 17.8. The van der Waals surface area contributed by atoms with E-state index in [1.165, 1.54) is 49.8 Å². The minimum atomic E-state index is 0.0611. The molecule has 0 saturated heterocycles. The van der Waals surface area contributed by atoms with Crippen molar-refractivity contribution < 1.29 is 0 Å². The summed E-state index contributed by atoms with van der Waals surface area (Å²) in [6.45, 7) is 4.83. The molecule has 3 aliphatic carbocycles. The number of hydrogen-bond donors (Lipinski definition) is 0. The van der Waals surface area contributed by atoms with Crippen LogP contribution >= 0.6 is 0 Å². The Morgan fingerprint density at radius 3 is 2.18 bits per heavy atom. The molecule has 0 bridgehead atoms. The van der Waals surface area contributed by atoms with Crippen molar-refractivity contribution in [3.05, 3.63) is 175 Å². The molecule has 0 saturated carbocycles. The largest absolute Gasteiger partial charge is 0.310 e. The summed E-state index contributed by atoms with van der Waals surface area (Å²) >= 11 is 0. The highest BCUT2D eigenvalue weighted by molar-refractivity contribution is 6.11. The molecule has 5 aromatic carbocycles. The lowest BCUT2D eigenvalue weighted by Crippen LogP contribution is -2.24. The number of rotatable bonds is 4. The van der Waals surface area contributed by atoms with Crippen LogP contribution in [0.1, 0.15) is 49.1 Å². The van der Waals surface area contributed by atoms with Crippen LogP contribution in [-0.4, -0.2) is 14.5 Å². The summed E-state index contributed by atoms with van der Waals surface area (Å²) < 4.78 is 2.47. The maximum atomic E-state index is 5.27. The molecule has 10 rings (SSSR count). The fourth-order valence-electron chi connectivity index (χ4n) is 8.82. The van der Waals surface area contributed by atoms with Crippen LogP contribution in [-0.2, 0) is 5.41 Å². The van der Waals surface area contributed by atoms with Crippen molar-refractivity contribution in [3.63, 3.8) is 0 Å². The van der Waals surface area contributed by atoms with Gasteiger partial charge in [-0.15, -0.1) is 0 Å². The number of fused-ring (bicyclic) bond motifs is 7. The van der Waals surface area contributed by atoms with E-state index in [2.05, 4.69) is 176 Å². The second kappa shape index (κ2) is 11.1. The number of para-hydroxylation sites is 2. The van der Waals surface area contributed by atoms with Crippen LogP contribution in [0.5, 0.6) is 0 Å². The predicted molar refractivity (Wildman–Crippen MR) is 208 cm³/mol. The van der Waals surface area contributed by atoms with Gasteiger partial charge >= 0.3 is 0 Å². The van der Waals surface area contributed by atoms with Gasteiger partial charge in [0.25, 0.3) is 0 Å². The third-order valence-electron chi connectivity index (χ3n) is 11.4. The van der Waals surface area contributed by atoms with Gasteiger partial charge in [-0.2, -0.15) is 0 Å². The Hall–Kier alpha value is -5.80. The SMILES string of the molecule is CC1(C)c2cc3c(cc2C2C=CC=CC21)c1ccccc1n3C1=CCC(c2nc(-c3ccc(-c4ccccc4)cc3)c3ccccc3n2)C=C1. The molecule has 3 nitrogen and oxygen atoms in total. The summed E-state index contributed by atoms with van der Waals surface area (Å²) in [6, 6.07) is 41.5. The third-order valence-corrected chi connectivity index (χ3v) is 11.4. The van der Waals surface area contributed by atoms with Crippen LogP contribution in [0.3, 0.4) is 0 Å². The Morgan fingerprint density at radius 2 is 1.36 bits per heavy atom. The van der Waals surface area contributed by atoms with E-state index in [-0.39, 0.29) is 11.3 Å². The Balaban J connectivity index is 1.04. The highest BCUT2D eigenvalue weighted by Crippen LogP contribution is 2.54. The molecule has 0 N–H and O–H groups in total. The Labute approximate surface area is 292 Å². The van der Waals surface area contributed by atoms with Crippen LogP contribution in [0, 0.1) is 5.92 Å². The van der Waals surface area contributed by atoms with Gasteiger partial charge in [-0.05, 0) is 70.3 Å². The van der Waals surface area contributed by atoms with E-state index in [0.717, 1.165) is 34.4 Å². The second-order valence-electron chi connectivity index (χ2n) is 14.6. The fourth-order valence-corrected chi connectivity index (χ4v) is 8.82. The topological polar surface area (TPSA) is 30.7 Å². The Morgan fingerprint density at radius 1 is 0.640 bits per heavy atom. The quantitative estimate of drug-likeness (QED) is 0.191. The van der Waals surface area contributed by atoms with E-state index < -0.39 is 0 Å². The zero-order valence-electron chi connectivity index (χ0n) is 28.3. The molecule has 3 atom stereocenters. The standard InChI is InChI=1S/C47H37N3/c1-47(2)40-17-9-6-14-35(40)38-28-39-36-15-8-11-19-43(36)50(44(39)29-41(38)47)34-26-24-33(25-27-34)46-48-42-18-10-7-16-37(42)45(49-46)32-22-20-31(21-23-32)30-12-4-3-5-13-30/h3-24,26-29,33,35,40H,25H2,1-2H3. The number of aromatic nitrogens is 3. The second-order valence-corrected chi connectivity index (χ2v) is 14.6. The summed E-state index contributed by atoms with van der Waals surface area (Å²) in [6.07, 6.45) is 17.1. The predicted octanol–water partition coefficient (Wildman–Crippen LogP) is 11.8. The molecule has 3 heteroatoms. The molecule has 2 aromatic heterocycles. The molecule has 0 spiro atoms. The average molecular weight is 644 g/mol. The van der Waals surface area contributed by atoms with Crippen LogP contribution in [0.4, 0.5) is 0 Å². The fraction of sp³-hybridized carbons (Fsp3) is 0.149. The molecule has 0 amide bonds. The van der Waals surface area contributed by atoms with Gasteiger partial charge in [0.2, 0.25) is 0 Å². The van der Waals surface area contributed by atoms with Gasteiger partial charge in [-0.3, -0.25) is 0 Å². The van der Waals surface area contributed by atoms with Crippen molar-refractivity contribution >= 4 is 38.4 Å². The van der Waals surface area contributed by atoms with Crippen molar-refractivity contribution in [2.45, 2.75) is 37.5 Å². The number of hydrogen-bond acceptors (Lipinski definition) is 2. The molecule has 3 aliphatic rings. The number of nitrogens with zero attached hydrogens (tertiary/aromatic N) is 3. The van der Waals surface area contributed by atoms with Crippen LogP contribution in [0.2, 0.25) is 0 Å². The zero-order valence-corrected chi connectivity index (χ0v) is 28.3. The van der Waals surface area contributed by atoms with Crippen molar-refractivity contribution in [2.24, 2.45) is 5.92 Å². The van der Waals surface area contributed by atoms with Crippen LogP contribution in [0.15, 0.2) is 158 Å². The van der Waals surface area contributed by atoms with Crippen LogP contribution < -0.4 is 0 Å². The minimum Gasteiger partial charge on any atom is -0.310 e. The summed E-state index contributed by atoms with van der Waals surface area (Å²) in [5, 5.41) is 3.71. The van der Waals surface area contributed by atoms with E-state index in [1.807, 2.05) is 0 Å². The van der Waals surface area contributed by atoms with Crippen LogP contribution in [0.25, 0.3) is 60.8 Å². The Bertz CT molecular complexity index is 2600. The van der Waals surface area contributed by atoms with Gasteiger partial charge in [-0.1, -0.05) is 141 Å². The minimum absolute atomic E-state index is 0.0611. The lowest BCUT2D eigenvalue weighted by Gasteiger charge is -2.29. The maximum absolute atomic E-state index is 5.27. The molecule has 240 valence electrons. The van der Waals surface area contributed by atoms with E-state index in [4.69, 9.17) is 9.97 Å². The van der Waals surface area contributed by atoms with Gasteiger partial charge in [0.05, 0.1) is 22.2 Å². The average Bonchev–Trinajstić information content (AvgIpc) is 3.62. The highest BCUT2D eigenvalue weighted by Gasteiger charge is 2.45. The lowest BCUT2D eigenvalue weighted by molar-refractivity contribution is 0.394. The first-order valence-corrected chi connectivity index (χ1v) is 17.8. The summed E-state index contributed by atoms with van der Waals surface area (Å²) in [5.41, 5.74) is 12.2. The summed E-state index contributed by atoms with van der Waals surface area (Å²) in [5.74, 6) is 1.86. The molecule has 0 fully saturated rings. The van der Waals surface area contributed by atoms with Gasteiger partial charge in [0.1, 0.15) is 5.82 Å². The van der Waals surface area contributed by atoms with Gasteiger partial charge in [-0.25, -0.2) is 9.97 Å². The highest BCUT2D eigenvalue weighted by atomic mass is 15.0. The normalized spacial score (nSPS) is 20.4. The van der Waals surface area contributed by atoms with Gasteiger partial charge in [0, 0.05) is 39.3 Å². The van der Waals surface area contributed by atoms with Gasteiger partial charge < -0.3 is 4.57 Å². The van der Waals surface area contributed by atoms with Crippen molar-refractivity contribution in [1.29, 1.82) is 0 Å². The molecule has 3 unspecified atom stereocenters. The Kier molecular flexibility index (Phi) is 6.48. The zero-order chi connectivity index (χ0) is 33.4. The third kappa shape index (κ3) is 4.43. The van der Waals surface area contributed by atoms with E-state index in [0.29, 0.717) is 11.8 Å². The van der Waals surface area contributed by atoms with Crippen molar-refractivity contribution in [2.75, 3.05) is 0 Å². The first-order chi connectivity index (χ1) is 24.5. The maximum Gasteiger partial charge on any atom is 0.136 e. The van der Waals surface area contributed by atoms with E-state index >= 15 is 0 Å². The molecule has 0 radical (unpaired) electrons. The molecule has 50 heavy (non-hydrogen) atoms. The van der Waals surface area contributed by atoms with Crippen molar-refractivity contribution in [3.8, 4) is 22.4 Å². The molecule has 7 aromatic rings. The molecular formula is C47H37N3. The summed E-state index contributed by atoms with van der Waals surface area (Å²) in [4.78, 5) is 10.4. The molecule has 2 heterocycles. The molecular weight excluding hydrogens is 607 g/mol. The molecule has 0 aliphatic heterocycles. The monoisotopic (exact) mass is 643 g/mol. The van der Waals surface area contributed by atoms with E-state index in [9.17, 15) is 0 Å². The van der Waals surface area contributed by atoms with Crippen molar-refractivity contribution in [1.82, 2.24) is 14.5 Å². The first kappa shape index (κ1) is 29.1. The van der Waals surface area contributed by atoms with Gasteiger partial charge in [0.15, 0.2) is 0 Å². The smallest absolute Gasteiger partial charge is 0.136 e. The summed E-state index contributed by atoms with van der Waals surface area (Å²) in [7, 11) is 0. The lowest BCUT2D eigenvalue weighted by atomic mass is 9.74. The number of benzene rings is 5.